The van der Waals surface area contributed by atoms with E-state index >= 15 is 0 Å². The Balaban J connectivity index is 2.32. The molecule has 0 saturated carbocycles. The number of nitrogens with one attached hydrogen (secondary N) is 2. The van der Waals surface area contributed by atoms with Crippen molar-refractivity contribution in [1.29, 1.82) is 0 Å². The van der Waals surface area contributed by atoms with E-state index in [0.717, 1.165) is 13.0 Å². The molecule has 1 aliphatic heterocycles. The Morgan fingerprint density at radius 1 is 1.50 bits per heavy atom. The topological polar surface area (TPSA) is 63.2 Å². The maximum Gasteiger partial charge on any atom is 0.408 e. The zero-order valence-corrected chi connectivity index (χ0v) is 13.8. The highest BCUT2D eigenvalue weighted by atomic mass is 35.5. The summed E-state index contributed by atoms with van der Waals surface area (Å²) < 4.78 is 19.5. The standard InChI is InChI=1S/C15H21ClFN3O2/c1-14(2,3)22-13(21)20-15(7-4-8-18-9-15)12-10(17)5-6-11(16)19-12/h5-6,18H,4,7-9H2,1-3H3,(H,20,21)/t15-/m0/s1. The quantitative estimate of drug-likeness (QED) is 0.819. The van der Waals surface area contributed by atoms with Crippen LogP contribution < -0.4 is 10.6 Å². The summed E-state index contributed by atoms with van der Waals surface area (Å²) in [5, 5.41) is 6.14. The van der Waals surface area contributed by atoms with Gasteiger partial charge in [0.1, 0.15) is 27.8 Å². The van der Waals surface area contributed by atoms with Gasteiger partial charge in [0.2, 0.25) is 0 Å². The van der Waals surface area contributed by atoms with Gasteiger partial charge in [0.15, 0.2) is 0 Å². The van der Waals surface area contributed by atoms with Crippen LogP contribution in [0.5, 0.6) is 0 Å². The largest absolute Gasteiger partial charge is 0.444 e. The van der Waals surface area contributed by atoms with Gasteiger partial charge in [-0.2, -0.15) is 0 Å². The van der Waals surface area contributed by atoms with E-state index in [4.69, 9.17) is 16.3 Å². The Kier molecular flexibility index (Phi) is 4.92. The molecule has 1 aromatic heterocycles. The summed E-state index contributed by atoms with van der Waals surface area (Å²) in [5.74, 6) is -0.496. The number of hydrogen-bond acceptors (Lipinski definition) is 4. The number of carbonyl (C=O) groups is 1. The van der Waals surface area contributed by atoms with Crippen molar-refractivity contribution in [3.8, 4) is 0 Å². The van der Waals surface area contributed by atoms with Crippen molar-refractivity contribution >= 4 is 17.7 Å². The summed E-state index contributed by atoms with van der Waals surface area (Å²) in [5.41, 5.74) is -1.46. The van der Waals surface area contributed by atoms with E-state index in [1.165, 1.54) is 12.1 Å². The van der Waals surface area contributed by atoms with Gasteiger partial charge >= 0.3 is 6.09 Å². The molecular weight excluding hydrogens is 309 g/mol. The van der Waals surface area contributed by atoms with Crippen LogP contribution in [0.1, 0.15) is 39.3 Å². The maximum atomic E-state index is 14.2. The average molecular weight is 330 g/mol. The van der Waals surface area contributed by atoms with Crippen molar-refractivity contribution in [3.63, 3.8) is 0 Å². The van der Waals surface area contributed by atoms with E-state index < -0.39 is 23.1 Å². The molecule has 0 aliphatic carbocycles. The predicted molar refractivity (Wildman–Crippen MR) is 82.4 cm³/mol. The van der Waals surface area contributed by atoms with Crippen molar-refractivity contribution in [2.45, 2.75) is 44.8 Å². The third kappa shape index (κ3) is 4.08. The smallest absolute Gasteiger partial charge is 0.408 e. The summed E-state index contributed by atoms with van der Waals surface area (Å²) in [6.07, 6.45) is 0.741. The second-order valence-electron chi connectivity index (χ2n) is 6.45. The molecule has 1 atom stereocenters. The Morgan fingerprint density at radius 2 is 2.23 bits per heavy atom. The fourth-order valence-corrected chi connectivity index (χ4v) is 2.67. The van der Waals surface area contributed by atoms with Gasteiger partial charge < -0.3 is 15.4 Å². The van der Waals surface area contributed by atoms with E-state index in [-0.39, 0.29) is 10.8 Å². The number of amides is 1. The molecule has 1 aliphatic rings. The van der Waals surface area contributed by atoms with Crippen LogP contribution in [0.4, 0.5) is 9.18 Å². The number of alkyl carbamates (subject to hydrolysis) is 1. The van der Waals surface area contributed by atoms with E-state index in [9.17, 15) is 9.18 Å². The van der Waals surface area contributed by atoms with E-state index in [0.29, 0.717) is 13.0 Å². The second-order valence-corrected chi connectivity index (χ2v) is 6.84. The molecule has 2 rings (SSSR count). The molecule has 2 N–H and O–H groups in total. The van der Waals surface area contributed by atoms with Crippen molar-refractivity contribution in [2.24, 2.45) is 0 Å². The molecule has 0 aromatic carbocycles. The lowest BCUT2D eigenvalue weighted by atomic mass is 9.86. The number of rotatable bonds is 2. The molecule has 0 spiro atoms. The molecule has 122 valence electrons. The maximum absolute atomic E-state index is 14.2. The number of hydrogen-bond donors (Lipinski definition) is 2. The molecule has 5 nitrogen and oxygen atoms in total. The Labute approximate surface area is 134 Å². The van der Waals surface area contributed by atoms with Gasteiger partial charge in [-0.15, -0.1) is 0 Å². The zero-order valence-electron chi connectivity index (χ0n) is 13.0. The minimum atomic E-state index is -0.963. The average Bonchev–Trinajstić information content (AvgIpc) is 2.40. The van der Waals surface area contributed by atoms with Crippen molar-refractivity contribution in [1.82, 2.24) is 15.6 Å². The third-order valence-corrected chi connectivity index (χ3v) is 3.60. The first-order valence-corrected chi connectivity index (χ1v) is 7.64. The van der Waals surface area contributed by atoms with Gasteiger partial charge in [-0.1, -0.05) is 11.6 Å². The molecule has 1 aromatic rings. The number of pyridine rings is 1. The number of piperidine rings is 1. The fourth-order valence-electron chi connectivity index (χ4n) is 2.53. The Morgan fingerprint density at radius 3 is 2.82 bits per heavy atom. The molecule has 1 saturated heterocycles. The first kappa shape index (κ1) is 17.0. The van der Waals surface area contributed by atoms with Crippen molar-refractivity contribution in [3.05, 3.63) is 28.8 Å². The van der Waals surface area contributed by atoms with E-state index in [1.54, 1.807) is 20.8 Å². The molecule has 22 heavy (non-hydrogen) atoms. The molecule has 7 heteroatoms. The monoisotopic (exact) mass is 329 g/mol. The van der Waals surface area contributed by atoms with Crippen LogP contribution in [0, 0.1) is 5.82 Å². The Bertz CT molecular complexity index is 554. The number of ether oxygens (including phenoxy) is 1. The minimum absolute atomic E-state index is 0.137. The summed E-state index contributed by atoms with van der Waals surface area (Å²) in [6, 6.07) is 2.65. The fraction of sp³-hybridized carbons (Fsp3) is 0.600. The van der Waals surface area contributed by atoms with Gasteiger partial charge in [0.05, 0.1) is 0 Å². The SMILES string of the molecule is CC(C)(C)OC(=O)N[C@@]1(c2nc(Cl)ccc2F)CCCNC1. The van der Waals surface area contributed by atoms with Crippen LogP contribution in [0.2, 0.25) is 5.15 Å². The van der Waals surface area contributed by atoms with Gasteiger partial charge in [0, 0.05) is 6.54 Å². The highest BCUT2D eigenvalue weighted by Gasteiger charge is 2.40. The molecule has 0 unspecified atom stereocenters. The number of carbonyl (C=O) groups excluding carboxylic acids is 1. The van der Waals surface area contributed by atoms with E-state index in [1.807, 2.05) is 0 Å². The Hall–Kier alpha value is -1.40. The van der Waals surface area contributed by atoms with Crippen molar-refractivity contribution < 1.29 is 13.9 Å². The van der Waals surface area contributed by atoms with E-state index in [2.05, 4.69) is 15.6 Å². The number of halogens is 2. The lowest BCUT2D eigenvalue weighted by molar-refractivity contribution is 0.0424. The van der Waals surface area contributed by atoms with Crippen LogP contribution in [-0.4, -0.2) is 29.8 Å². The number of nitrogens with zero attached hydrogens (tertiary/aromatic N) is 1. The van der Waals surface area contributed by atoms with Crippen LogP contribution in [0.15, 0.2) is 12.1 Å². The molecule has 0 radical (unpaired) electrons. The normalized spacial score (nSPS) is 22.2. The van der Waals surface area contributed by atoms with Crippen molar-refractivity contribution in [2.75, 3.05) is 13.1 Å². The minimum Gasteiger partial charge on any atom is -0.444 e. The summed E-state index contributed by atoms with van der Waals surface area (Å²) in [7, 11) is 0. The zero-order chi connectivity index (χ0) is 16.4. The van der Waals surface area contributed by atoms with Crippen LogP contribution in [0.3, 0.4) is 0 Å². The number of aromatic nitrogens is 1. The summed E-state index contributed by atoms with van der Waals surface area (Å²) in [6.45, 7) is 6.50. The summed E-state index contributed by atoms with van der Waals surface area (Å²) >= 11 is 5.90. The molecule has 1 fully saturated rings. The lowest BCUT2D eigenvalue weighted by Crippen LogP contribution is -2.56. The molecular formula is C15H21ClFN3O2. The first-order valence-electron chi connectivity index (χ1n) is 7.26. The highest BCUT2D eigenvalue weighted by Crippen LogP contribution is 2.30. The second kappa shape index (κ2) is 6.38. The van der Waals surface area contributed by atoms with Crippen LogP contribution in [0.25, 0.3) is 0 Å². The van der Waals surface area contributed by atoms with Gasteiger partial charge in [0.25, 0.3) is 0 Å². The first-order chi connectivity index (χ1) is 10.2. The highest BCUT2D eigenvalue weighted by molar-refractivity contribution is 6.29. The third-order valence-electron chi connectivity index (χ3n) is 3.39. The molecule has 0 bridgehead atoms. The predicted octanol–water partition coefficient (Wildman–Crippen LogP) is 2.98. The molecule has 1 amide bonds. The summed E-state index contributed by atoms with van der Waals surface area (Å²) in [4.78, 5) is 16.3. The van der Waals surface area contributed by atoms with Crippen LogP contribution >= 0.6 is 11.6 Å². The molecule has 2 heterocycles. The van der Waals surface area contributed by atoms with Crippen LogP contribution in [-0.2, 0) is 10.3 Å². The lowest BCUT2D eigenvalue weighted by Gasteiger charge is -2.38. The van der Waals surface area contributed by atoms with Gasteiger partial charge in [-0.3, -0.25) is 0 Å². The van der Waals surface area contributed by atoms with Gasteiger partial charge in [-0.05, 0) is 52.3 Å². The van der Waals surface area contributed by atoms with Gasteiger partial charge in [-0.25, -0.2) is 14.2 Å².